The number of carbonyl (C=O) groups excluding carboxylic acids is 1. The summed E-state index contributed by atoms with van der Waals surface area (Å²) in [6.07, 6.45) is 0. The first-order valence-corrected chi connectivity index (χ1v) is 10.3. The van der Waals surface area contributed by atoms with Crippen LogP contribution in [-0.4, -0.2) is 36.9 Å². The predicted molar refractivity (Wildman–Crippen MR) is 122 cm³/mol. The molecule has 4 aromatic rings. The molecule has 0 atom stereocenters. The van der Waals surface area contributed by atoms with Crippen molar-refractivity contribution in [3.63, 3.8) is 0 Å². The zero-order chi connectivity index (χ0) is 23.0. The molecular formula is C25H23N3O5. The molecule has 8 heteroatoms. The van der Waals surface area contributed by atoms with E-state index in [1.165, 1.54) is 0 Å². The zero-order valence-corrected chi connectivity index (χ0v) is 18.3. The van der Waals surface area contributed by atoms with Crippen LogP contribution in [0, 0.1) is 0 Å². The van der Waals surface area contributed by atoms with Gasteiger partial charge in [0.2, 0.25) is 5.89 Å². The van der Waals surface area contributed by atoms with Crippen LogP contribution >= 0.6 is 0 Å². The van der Waals surface area contributed by atoms with E-state index in [0.717, 1.165) is 11.1 Å². The van der Waals surface area contributed by atoms with Crippen molar-refractivity contribution in [3.05, 3.63) is 78.4 Å². The van der Waals surface area contributed by atoms with E-state index in [4.69, 9.17) is 18.6 Å². The number of nitrogens with zero attached hydrogens (tertiary/aromatic N) is 2. The highest BCUT2D eigenvalue weighted by Crippen LogP contribution is 2.31. The maximum Gasteiger partial charge on any atom is 0.258 e. The normalized spacial score (nSPS) is 10.5. The maximum atomic E-state index is 12.4. The SMILES string of the molecule is COc1ccc(OC)c(CNC(=O)COc2ccccc2-c2nnc(-c3ccccc3)o2)c1. The van der Waals surface area contributed by atoms with Crippen molar-refractivity contribution < 1.29 is 23.4 Å². The van der Waals surface area contributed by atoms with Gasteiger partial charge in [-0.05, 0) is 42.5 Å². The van der Waals surface area contributed by atoms with Crippen molar-refractivity contribution in [1.82, 2.24) is 15.5 Å². The average molecular weight is 445 g/mol. The number of para-hydroxylation sites is 1. The summed E-state index contributed by atoms with van der Waals surface area (Å²) < 4.78 is 22.2. The minimum absolute atomic E-state index is 0.178. The Labute approximate surface area is 191 Å². The van der Waals surface area contributed by atoms with E-state index >= 15 is 0 Å². The number of amides is 1. The summed E-state index contributed by atoms with van der Waals surface area (Å²) in [5.74, 6) is 2.24. The Morgan fingerprint density at radius 2 is 1.64 bits per heavy atom. The van der Waals surface area contributed by atoms with Gasteiger partial charge in [-0.2, -0.15) is 0 Å². The van der Waals surface area contributed by atoms with E-state index in [2.05, 4.69) is 15.5 Å². The van der Waals surface area contributed by atoms with Crippen LogP contribution in [0.15, 0.2) is 77.2 Å². The first kappa shape index (κ1) is 21.9. The van der Waals surface area contributed by atoms with Crippen molar-refractivity contribution in [2.75, 3.05) is 20.8 Å². The molecule has 0 bridgehead atoms. The molecule has 0 fully saturated rings. The van der Waals surface area contributed by atoms with Crippen LogP contribution in [0.3, 0.4) is 0 Å². The molecule has 33 heavy (non-hydrogen) atoms. The Kier molecular flexibility index (Phi) is 6.84. The Morgan fingerprint density at radius 1 is 0.879 bits per heavy atom. The molecule has 0 saturated carbocycles. The summed E-state index contributed by atoms with van der Waals surface area (Å²) in [7, 11) is 3.16. The molecule has 1 heterocycles. The van der Waals surface area contributed by atoms with Crippen LogP contribution in [0.1, 0.15) is 5.56 Å². The second kappa shape index (κ2) is 10.3. The van der Waals surface area contributed by atoms with Crippen molar-refractivity contribution in [1.29, 1.82) is 0 Å². The number of nitrogens with one attached hydrogen (secondary N) is 1. The van der Waals surface area contributed by atoms with E-state index in [0.29, 0.717) is 34.6 Å². The molecule has 1 amide bonds. The van der Waals surface area contributed by atoms with E-state index in [9.17, 15) is 4.79 Å². The van der Waals surface area contributed by atoms with Crippen LogP contribution < -0.4 is 19.5 Å². The number of rotatable bonds is 9. The fourth-order valence-electron chi connectivity index (χ4n) is 3.21. The monoisotopic (exact) mass is 445 g/mol. The highest BCUT2D eigenvalue weighted by Gasteiger charge is 2.15. The number of benzene rings is 3. The first-order chi connectivity index (χ1) is 16.2. The number of hydrogen-bond acceptors (Lipinski definition) is 7. The molecule has 4 rings (SSSR count). The number of hydrogen-bond donors (Lipinski definition) is 1. The largest absolute Gasteiger partial charge is 0.497 e. The summed E-state index contributed by atoms with van der Waals surface area (Å²) >= 11 is 0. The molecule has 0 aliphatic carbocycles. The third-order valence-corrected chi connectivity index (χ3v) is 4.89. The lowest BCUT2D eigenvalue weighted by Crippen LogP contribution is -2.28. The minimum atomic E-state index is -0.287. The summed E-state index contributed by atoms with van der Waals surface area (Å²) in [5, 5.41) is 11.1. The van der Waals surface area contributed by atoms with Gasteiger partial charge in [0, 0.05) is 17.7 Å². The van der Waals surface area contributed by atoms with Crippen LogP contribution in [0.4, 0.5) is 0 Å². The van der Waals surface area contributed by atoms with Gasteiger partial charge in [-0.15, -0.1) is 10.2 Å². The molecule has 0 spiro atoms. The molecule has 3 aromatic carbocycles. The van der Waals surface area contributed by atoms with E-state index in [1.54, 1.807) is 38.5 Å². The summed E-state index contributed by atoms with van der Waals surface area (Å²) in [6, 6.07) is 22.1. The number of methoxy groups -OCH3 is 2. The number of carbonyl (C=O) groups is 1. The Bertz CT molecular complexity index is 1220. The standard InChI is InChI=1S/C25H23N3O5/c1-30-19-12-13-21(31-2)18(14-19)15-26-23(29)16-32-22-11-7-6-10-20(22)25-28-27-24(33-25)17-8-4-3-5-9-17/h3-14H,15-16H2,1-2H3,(H,26,29). The fraction of sp³-hybridized carbons (Fsp3) is 0.160. The Hall–Kier alpha value is -4.33. The van der Waals surface area contributed by atoms with E-state index in [1.807, 2.05) is 48.5 Å². The van der Waals surface area contributed by atoms with Gasteiger partial charge < -0.3 is 23.9 Å². The molecule has 1 aromatic heterocycles. The van der Waals surface area contributed by atoms with Gasteiger partial charge in [0.15, 0.2) is 6.61 Å². The predicted octanol–water partition coefficient (Wildman–Crippen LogP) is 4.12. The quantitative estimate of drug-likeness (QED) is 0.414. The lowest BCUT2D eigenvalue weighted by atomic mass is 10.2. The average Bonchev–Trinajstić information content (AvgIpc) is 3.37. The molecule has 0 radical (unpaired) electrons. The lowest BCUT2D eigenvalue weighted by molar-refractivity contribution is -0.123. The van der Waals surface area contributed by atoms with Crippen molar-refractivity contribution in [2.45, 2.75) is 6.54 Å². The molecule has 168 valence electrons. The van der Waals surface area contributed by atoms with Gasteiger partial charge in [0.05, 0.1) is 19.8 Å². The smallest absolute Gasteiger partial charge is 0.258 e. The number of aromatic nitrogens is 2. The number of ether oxygens (including phenoxy) is 3. The third-order valence-electron chi connectivity index (χ3n) is 4.89. The molecule has 0 aliphatic rings. The van der Waals surface area contributed by atoms with Crippen LogP contribution in [0.25, 0.3) is 22.9 Å². The van der Waals surface area contributed by atoms with E-state index in [-0.39, 0.29) is 19.1 Å². The zero-order valence-electron chi connectivity index (χ0n) is 18.3. The molecule has 8 nitrogen and oxygen atoms in total. The molecule has 0 unspecified atom stereocenters. The van der Waals surface area contributed by atoms with Crippen molar-refractivity contribution in [2.24, 2.45) is 0 Å². The Balaban J connectivity index is 1.41. The highest BCUT2D eigenvalue weighted by atomic mass is 16.5. The van der Waals surface area contributed by atoms with Crippen molar-refractivity contribution in [3.8, 4) is 40.2 Å². The topological polar surface area (TPSA) is 95.7 Å². The Morgan fingerprint density at radius 3 is 2.42 bits per heavy atom. The minimum Gasteiger partial charge on any atom is -0.497 e. The molecular weight excluding hydrogens is 422 g/mol. The van der Waals surface area contributed by atoms with Crippen molar-refractivity contribution >= 4 is 5.91 Å². The van der Waals surface area contributed by atoms with Gasteiger partial charge in [-0.3, -0.25) is 4.79 Å². The lowest BCUT2D eigenvalue weighted by Gasteiger charge is -2.12. The highest BCUT2D eigenvalue weighted by molar-refractivity contribution is 5.78. The molecule has 1 N–H and O–H groups in total. The maximum absolute atomic E-state index is 12.4. The van der Waals surface area contributed by atoms with Gasteiger partial charge >= 0.3 is 0 Å². The third kappa shape index (κ3) is 5.30. The van der Waals surface area contributed by atoms with E-state index < -0.39 is 0 Å². The van der Waals surface area contributed by atoms with Crippen LogP contribution in [-0.2, 0) is 11.3 Å². The molecule has 0 aliphatic heterocycles. The summed E-state index contributed by atoms with van der Waals surface area (Å²) in [6.45, 7) is 0.0945. The van der Waals surface area contributed by atoms with Crippen LogP contribution in [0.2, 0.25) is 0 Å². The second-order valence-electron chi connectivity index (χ2n) is 7.02. The molecule has 0 saturated heterocycles. The summed E-state index contributed by atoms with van der Waals surface area (Å²) in [4.78, 5) is 12.4. The van der Waals surface area contributed by atoms with Gasteiger partial charge in [0.25, 0.3) is 11.8 Å². The first-order valence-electron chi connectivity index (χ1n) is 10.3. The van der Waals surface area contributed by atoms with Gasteiger partial charge in [0.1, 0.15) is 17.2 Å². The van der Waals surface area contributed by atoms with Gasteiger partial charge in [-0.1, -0.05) is 30.3 Å². The van der Waals surface area contributed by atoms with Gasteiger partial charge in [-0.25, -0.2) is 0 Å². The summed E-state index contributed by atoms with van der Waals surface area (Å²) in [5.41, 5.74) is 2.22. The second-order valence-corrected chi connectivity index (χ2v) is 7.02. The van der Waals surface area contributed by atoms with Crippen LogP contribution in [0.5, 0.6) is 17.2 Å². The fourth-order valence-corrected chi connectivity index (χ4v) is 3.21.